The number of fused-ring (bicyclic) bond motifs is 1. The number of nitrogens with one attached hydrogen (secondary N) is 1. The van der Waals surface area contributed by atoms with Crippen LogP contribution in [0.25, 0.3) is 11.3 Å². The summed E-state index contributed by atoms with van der Waals surface area (Å²) in [4.78, 5) is 18.5. The van der Waals surface area contributed by atoms with E-state index in [1.807, 2.05) is 66.9 Å². The Labute approximate surface area is 206 Å². The van der Waals surface area contributed by atoms with E-state index in [0.717, 1.165) is 52.5 Å². The quantitative estimate of drug-likeness (QED) is 0.263. The zero-order chi connectivity index (χ0) is 24.0. The van der Waals surface area contributed by atoms with Crippen molar-refractivity contribution in [3.05, 3.63) is 108 Å². The number of hydrogen-bond donors (Lipinski definition) is 1. The van der Waals surface area contributed by atoms with Crippen molar-refractivity contribution < 1.29 is 14.1 Å². The summed E-state index contributed by atoms with van der Waals surface area (Å²) in [6.45, 7) is 2.87. The van der Waals surface area contributed by atoms with Gasteiger partial charge in [-0.05, 0) is 41.8 Å². The van der Waals surface area contributed by atoms with Crippen LogP contribution in [-0.4, -0.2) is 23.5 Å². The highest BCUT2D eigenvalue weighted by atomic mass is 16.5. The average Bonchev–Trinajstić information content (AvgIpc) is 3.21. The molecule has 0 aliphatic carbocycles. The molecule has 0 spiro atoms. The summed E-state index contributed by atoms with van der Waals surface area (Å²) in [7, 11) is 0. The zero-order valence-electron chi connectivity index (χ0n) is 20.0. The van der Waals surface area contributed by atoms with E-state index in [4.69, 9.17) is 9.72 Å². The third-order valence-corrected chi connectivity index (χ3v) is 6.28. The molecule has 0 fully saturated rings. The second-order valence-electron chi connectivity index (χ2n) is 8.91. The van der Waals surface area contributed by atoms with Crippen LogP contribution in [0.15, 0.2) is 91.1 Å². The van der Waals surface area contributed by atoms with Crippen LogP contribution in [0.3, 0.4) is 0 Å². The first-order valence-corrected chi connectivity index (χ1v) is 12.3. The largest absolute Gasteiger partial charge is 0.494 e. The summed E-state index contributed by atoms with van der Waals surface area (Å²) in [6.07, 6.45) is 5.27. The third-order valence-electron chi connectivity index (χ3n) is 6.28. The summed E-state index contributed by atoms with van der Waals surface area (Å²) in [6, 6.07) is 28.0. The fourth-order valence-corrected chi connectivity index (χ4v) is 4.37. The van der Waals surface area contributed by atoms with E-state index in [2.05, 4.69) is 36.5 Å². The maximum Gasteiger partial charge on any atom is 0.359 e. The number of carbonyl (C=O) groups is 1. The predicted octanol–water partition coefficient (Wildman–Crippen LogP) is 5.48. The summed E-state index contributed by atoms with van der Waals surface area (Å²) in [5.74, 6) is 1.67. The molecule has 2 heterocycles. The van der Waals surface area contributed by atoms with Crippen LogP contribution in [0.5, 0.6) is 5.75 Å². The van der Waals surface area contributed by atoms with Crippen molar-refractivity contribution in [1.82, 2.24) is 4.98 Å². The Kier molecular flexibility index (Phi) is 6.85. The van der Waals surface area contributed by atoms with Crippen LogP contribution in [0.1, 0.15) is 41.4 Å². The molecular formula is C30H30N3O2+. The van der Waals surface area contributed by atoms with Crippen LogP contribution in [0.2, 0.25) is 0 Å². The van der Waals surface area contributed by atoms with Crippen molar-refractivity contribution in [2.24, 2.45) is 0 Å². The maximum absolute atomic E-state index is 13.4. The molecule has 1 aliphatic rings. The Morgan fingerprint density at radius 3 is 2.29 bits per heavy atom. The number of rotatable bonds is 9. The van der Waals surface area contributed by atoms with Gasteiger partial charge in [-0.3, -0.25) is 5.32 Å². The molecule has 1 aromatic heterocycles. The monoisotopic (exact) mass is 464 g/mol. The molecule has 5 heteroatoms. The lowest BCUT2D eigenvalue weighted by Crippen LogP contribution is -2.44. The van der Waals surface area contributed by atoms with E-state index in [-0.39, 0.29) is 11.9 Å². The standard InChI is InChI=1S/C30H29N3O2/c1-2-3-18-35-25-16-14-24(15-17-25)28-21-33-29(26(31-28)19-22-10-6-4-7-11-22)32-27(30(33)34)20-23-12-8-5-9-13-23/h4-17,21,27H,2-3,18-20H2,1H3/p+1. The highest BCUT2D eigenvalue weighted by Gasteiger charge is 2.41. The van der Waals surface area contributed by atoms with Gasteiger partial charge in [0.1, 0.15) is 23.3 Å². The van der Waals surface area contributed by atoms with Gasteiger partial charge in [-0.25, -0.2) is 9.78 Å². The minimum atomic E-state index is -0.321. The van der Waals surface area contributed by atoms with Crippen LogP contribution in [-0.2, 0) is 12.8 Å². The second-order valence-corrected chi connectivity index (χ2v) is 8.91. The molecule has 3 aromatic carbocycles. The van der Waals surface area contributed by atoms with Crippen LogP contribution in [0.4, 0.5) is 5.82 Å². The number of nitrogens with zero attached hydrogens (tertiary/aromatic N) is 2. The third kappa shape index (κ3) is 5.24. The molecule has 0 amide bonds. The van der Waals surface area contributed by atoms with Crippen LogP contribution in [0, 0.1) is 0 Å². The van der Waals surface area contributed by atoms with Gasteiger partial charge in [0.15, 0.2) is 6.04 Å². The molecular weight excluding hydrogens is 434 g/mol. The van der Waals surface area contributed by atoms with Crippen molar-refractivity contribution in [1.29, 1.82) is 0 Å². The Bertz CT molecular complexity index is 1290. The van der Waals surface area contributed by atoms with E-state index in [0.29, 0.717) is 19.4 Å². The number of unbranched alkanes of at least 4 members (excludes halogenated alkanes) is 1. The van der Waals surface area contributed by atoms with Gasteiger partial charge in [0, 0.05) is 18.4 Å². The Hall–Kier alpha value is -3.99. The molecule has 5 nitrogen and oxygen atoms in total. The number of aromatic nitrogens is 2. The number of benzene rings is 3. The maximum atomic E-state index is 13.4. The first-order chi connectivity index (χ1) is 17.2. The predicted molar refractivity (Wildman–Crippen MR) is 138 cm³/mol. The van der Waals surface area contributed by atoms with Crippen molar-refractivity contribution >= 4 is 11.7 Å². The molecule has 35 heavy (non-hydrogen) atoms. The van der Waals surface area contributed by atoms with E-state index < -0.39 is 0 Å². The summed E-state index contributed by atoms with van der Waals surface area (Å²) >= 11 is 0. The minimum absolute atomic E-state index is 0.0429. The van der Waals surface area contributed by atoms with Gasteiger partial charge in [-0.2, -0.15) is 4.57 Å². The van der Waals surface area contributed by atoms with Gasteiger partial charge in [0.05, 0.1) is 6.61 Å². The van der Waals surface area contributed by atoms with Gasteiger partial charge in [-0.1, -0.05) is 74.0 Å². The second kappa shape index (κ2) is 10.5. The lowest BCUT2D eigenvalue weighted by molar-refractivity contribution is -0.552. The highest BCUT2D eigenvalue weighted by molar-refractivity contribution is 5.82. The van der Waals surface area contributed by atoms with Crippen molar-refractivity contribution in [2.45, 2.75) is 38.6 Å². The Morgan fingerprint density at radius 1 is 0.914 bits per heavy atom. The zero-order valence-corrected chi connectivity index (χ0v) is 20.0. The topological polar surface area (TPSA) is 55.1 Å². The fourth-order valence-electron chi connectivity index (χ4n) is 4.37. The lowest BCUT2D eigenvalue weighted by Gasteiger charge is -2.09. The van der Waals surface area contributed by atoms with Crippen LogP contribution < -0.4 is 14.6 Å². The van der Waals surface area contributed by atoms with E-state index in [1.165, 1.54) is 0 Å². The SMILES string of the molecule is CCCCOc1ccc(-c2c[n+]3c(c(Cc4ccccc4)n2)NC(Cc2ccccc2)C3=O)cc1. The van der Waals surface area contributed by atoms with E-state index in [9.17, 15) is 4.79 Å². The van der Waals surface area contributed by atoms with Crippen LogP contribution >= 0.6 is 0 Å². The summed E-state index contributed by atoms with van der Waals surface area (Å²) in [5, 5.41) is 3.47. The lowest BCUT2D eigenvalue weighted by atomic mass is 10.1. The fraction of sp³-hybridized carbons (Fsp3) is 0.233. The molecule has 1 N–H and O–H groups in total. The average molecular weight is 465 g/mol. The normalized spacial score (nSPS) is 14.4. The Balaban J connectivity index is 1.47. The van der Waals surface area contributed by atoms with Crippen molar-refractivity contribution in [3.63, 3.8) is 0 Å². The summed E-state index contributed by atoms with van der Waals surface area (Å²) in [5.41, 5.74) is 4.87. The molecule has 1 atom stereocenters. The first-order valence-electron chi connectivity index (χ1n) is 12.3. The van der Waals surface area contributed by atoms with E-state index in [1.54, 1.807) is 4.57 Å². The molecule has 0 radical (unpaired) electrons. The molecule has 0 saturated carbocycles. The molecule has 0 bridgehead atoms. The summed E-state index contributed by atoms with van der Waals surface area (Å²) < 4.78 is 7.56. The van der Waals surface area contributed by atoms with Crippen molar-refractivity contribution in [3.8, 4) is 17.0 Å². The molecule has 176 valence electrons. The molecule has 1 aliphatic heterocycles. The molecule has 5 rings (SSSR count). The van der Waals surface area contributed by atoms with Gasteiger partial charge in [0.25, 0.3) is 0 Å². The van der Waals surface area contributed by atoms with Gasteiger partial charge in [0.2, 0.25) is 0 Å². The molecule has 4 aromatic rings. The molecule has 0 saturated heterocycles. The smallest absolute Gasteiger partial charge is 0.359 e. The van der Waals surface area contributed by atoms with Gasteiger partial charge < -0.3 is 4.74 Å². The molecule has 1 unspecified atom stereocenters. The van der Waals surface area contributed by atoms with Crippen molar-refractivity contribution in [2.75, 3.05) is 11.9 Å². The number of carbonyl (C=O) groups excluding carboxylic acids is 1. The number of anilines is 1. The van der Waals surface area contributed by atoms with E-state index >= 15 is 0 Å². The number of hydrogen-bond acceptors (Lipinski definition) is 4. The Morgan fingerprint density at radius 2 is 1.60 bits per heavy atom. The minimum Gasteiger partial charge on any atom is -0.494 e. The highest BCUT2D eigenvalue weighted by Crippen LogP contribution is 2.26. The first kappa shape index (κ1) is 22.8. The number of ether oxygens (including phenoxy) is 1. The van der Waals surface area contributed by atoms with Gasteiger partial charge >= 0.3 is 11.7 Å². The van der Waals surface area contributed by atoms with Gasteiger partial charge in [-0.15, -0.1) is 0 Å².